The van der Waals surface area contributed by atoms with Gasteiger partial charge in [0.1, 0.15) is 5.75 Å². The van der Waals surface area contributed by atoms with Crippen molar-refractivity contribution in [2.75, 3.05) is 27.4 Å². The quantitative estimate of drug-likeness (QED) is 0.672. The number of benzene rings is 1. The molecule has 0 radical (unpaired) electrons. The lowest BCUT2D eigenvalue weighted by atomic mass is 10.0. The maximum absolute atomic E-state index is 5.54. The molecule has 0 aliphatic heterocycles. The predicted octanol–water partition coefficient (Wildman–Crippen LogP) is 3.31. The van der Waals surface area contributed by atoms with Crippen LogP contribution in [0.2, 0.25) is 0 Å². The van der Waals surface area contributed by atoms with Gasteiger partial charge in [0.05, 0.1) is 19.8 Å². The van der Waals surface area contributed by atoms with E-state index in [1.54, 1.807) is 14.2 Å². The fourth-order valence-electron chi connectivity index (χ4n) is 2.16. The van der Waals surface area contributed by atoms with E-state index in [9.17, 15) is 0 Å². The van der Waals surface area contributed by atoms with Crippen molar-refractivity contribution in [1.29, 1.82) is 0 Å². The van der Waals surface area contributed by atoms with E-state index < -0.39 is 0 Å². The first-order valence-electron chi connectivity index (χ1n) is 7.59. The van der Waals surface area contributed by atoms with Crippen molar-refractivity contribution in [2.45, 2.75) is 45.9 Å². The molecular formula is C17H29NO3. The summed E-state index contributed by atoms with van der Waals surface area (Å²) in [6, 6.07) is 6.54. The fourth-order valence-corrected chi connectivity index (χ4v) is 2.16. The number of ether oxygens (including phenoxy) is 3. The van der Waals surface area contributed by atoms with Crippen LogP contribution in [0.1, 0.15) is 44.4 Å². The number of nitrogens with one attached hydrogen (secondary N) is 1. The minimum absolute atomic E-state index is 0.297. The second kappa shape index (κ2) is 9.77. The van der Waals surface area contributed by atoms with Crippen LogP contribution in [0.25, 0.3) is 0 Å². The van der Waals surface area contributed by atoms with Crippen LogP contribution < -0.4 is 10.1 Å². The summed E-state index contributed by atoms with van der Waals surface area (Å²) in [4.78, 5) is 0. The van der Waals surface area contributed by atoms with Crippen LogP contribution in [0, 0.1) is 0 Å². The second-order valence-corrected chi connectivity index (χ2v) is 5.45. The lowest BCUT2D eigenvalue weighted by Gasteiger charge is -2.17. The van der Waals surface area contributed by atoms with Gasteiger partial charge < -0.3 is 19.5 Å². The molecular weight excluding hydrogens is 266 g/mol. The van der Waals surface area contributed by atoms with Crippen LogP contribution in [0.15, 0.2) is 18.2 Å². The van der Waals surface area contributed by atoms with Crippen molar-refractivity contribution >= 4 is 0 Å². The molecule has 0 fully saturated rings. The van der Waals surface area contributed by atoms with Gasteiger partial charge in [0.15, 0.2) is 0 Å². The van der Waals surface area contributed by atoms with Crippen molar-refractivity contribution in [1.82, 2.24) is 5.32 Å². The molecule has 0 saturated carbocycles. The van der Waals surface area contributed by atoms with Gasteiger partial charge in [-0.3, -0.25) is 0 Å². The van der Waals surface area contributed by atoms with E-state index in [2.05, 4.69) is 38.2 Å². The molecule has 4 nitrogen and oxygen atoms in total. The zero-order valence-electron chi connectivity index (χ0n) is 13.9. The molecule has 1 aromatic rings. The monoisotopic (exact) mass is 295 g/mol. The van der Waals surface area contributed by atoms with Gasteiger partial charge in [-0.25, -0.2) is 0 Å². The molecule has 0 aliphatic rings. The second-order valence-electron chi connectivity index (χ2n) is 5.45. The highest BCUT2D eigenvalue weighted by molar-refractivity contribution is 5.38. The normalized spacial score (nSPS) is 12.7. The maximum Gasteiger partial charge on any atom is 0.124 e. The average molecular weight is 295 g/mol. The van der Waals surface area contributed by atoms with Crippen LogP contribution in [0.4, 0.5) is 0 Å². The Morgan fingerprint density at radius 2 is 1.90 bits per heavy atom. The Hall–Kier alpha value is -1.10. The van der Waals surface area contributed by atoms with Gasteiger partial charge in [0, 0.05) is 25.3 Å². The SMILES string of the molecule is COCc1cc(C(C)NCCCOC(C)C)ccc1OC. The van der Waals surface area contributed by atoms with Gasteiger partial charge in [-0.05, 0) is 51.4 Å². The predicted molar refractivity (Wildman–Crippen MR) is 85.8 cm³/mol. The molecule has 0 saturated heterocycles. The highest BCUT2D eigenvalue weighted by Gasteiger charge is 2.09. The third-order valence-corrected chi connectivity index (χ3v) is 3.33. The van der Waals surface area contributed by atoms with E-state index >= 15 is 0 Å². The van der Waals surface area contributed by atoms with Crippen molar-refractivity contribution in [2.24, 2.45) is 0 Å². The number of hydrogen-bond acceptors (Lipinski definition) is 4. The maximum atomic E-state index is 5.54. The Labute approximate surface area is 128 Å². The Kier molecular flexibility index (Phi) is 8.35. The van der Waals surface area contributed by atoms with E-state index in [1.807, 2.05) is 6.07 Å². The summed E-state index contributed by atoms with van der Waals surface area (Å²) in [6.07, 6.45) is 1.32. The summed E-state index contributed by atoms with van der Waals surface area (Å²) in [5.74, 6) is 0.873. The molecule has 4 heteroatoms. The van der Waals surface area contributed by atoms with Crippen molar-refractivity contribution < 1.29 is 14.2 Å². The van der Waals surface area contributed by atoms with E-state index in [-0.39, 0.29) is 0 Å². The van der Waals surface area contributed by atoms with Gasteiger partial charge in [-0.15, -0.1) is 0 Å². The lowest BCUT2D eigenvalue weighted by molar-refractivity contribution is 0.0768. The van der Waals surface area contributed by atoms with Crippen molar-refractivity contribution in [3.8, 4) is 5.75 Å². The third kappa shape index (κ3) is 6.46. The molecule has 1 N–H and O–H groups in total. The number of rotatable bonds is 10. The van der Waals surface area contributed by atoms with E-state index in [4.69, 9.17) is 14.2 Å². The van der Waals surface area contributed by atoms with Crippen LogP contribution in [0.3, 0.4) is 0 Å². The molecule has 0 amide bonds. The minimum Gasteiger partial charge on any atom is -0.496 e. The minimum atomic E-state index is 0.297. The molecule has 0 aliphatic carbocycles. The zero-order valence-corrected chi connectivity index (χ0v) is 13.9. The number of methoxy groups -OCH3 is 2. The molecule has 1 rings (SSSR count). The highest BCUT2D eigenvalue weighted by atomic mass is 16.5. The summed E-state index contributed by atoms with van der Waals surface area (Å²) >= 11 is 0. The van der Waals surface area contributed by atoms with Crippen LogP contribution >= 0.6 is 0 Å². The van der Waals surface area contributed by atoms with Crippen LogP contribution in [0.5, 0.6) is 5.75 Å². The smallest absolute Gasteiger partial charge is 0.124 e. The first-order chi connectivity index (χ1) is 10.1. The summed E-state index contributed by atoms with van der Waals surface area (Å²) in [5, 5.41) is 3.52. The molecule has 0 aromatic heterocycles. The van der Waals surface area contributed by atoms with Gasteiger partial charge in [0.25, 0.3) is 0 Å². The van der Waals surface area contributed by atoms with Gasteiger partial charge >= 0.3 is 0 Å². The fraction of sp³-hybridized carbons (Fsp3) is 0.647. The molecule has 0 heterocycles. The van der Waals surface area contributed by atoms with E-state index in [1.165, 1.54) is 5.56 Å². The third-order valence-electron chi connectivity index (χ3n) is 3.33. The van der Waals surface area contributed by atoms with Gasteiger partial charge in [-0.2, -0.15) is 0 Å². The molecule has 120 valence electrons. The zero-order chi connectivity index (χ0) is 15.7. The van der Waals surface area contributed by atoms with Crippen molar-refractivity contribution in [3.63, 3.8) is 0 Å². The topological polar surface area (TPSA) is 39.7 Å². The average Bonchev–Trinajstić information content (AvgIpc) is 2.46. The molecule has 0 bridgehead atoms. The van der Waals surface area contributed by atoms with E-state index in [0.717, 1.165) is 30.9 Å². The first kappa shape index (κ1) is 18.0. The van der Waals surface area contributed by atoms with Gasteiger partial charge in [-0.1, -0.05) is 6.07 Å². The Bertz CT molecular complexity index is 407. The Balaban J connectivity index is 2.49. The van der Waals surface area contributed by atoms with Crippen LogP contribution in [-0.2, 0) is 16.1 Å². The summed E-state index contributed by atoms with van der Waals surface area (Å²) in [5.41, 5.74) is 2.32. The molecule has 21 heavy (non-hydrogen) atoms. The molecule has 1 unspecified atom stereocenters. The first-order valence-corrected chi connectivity index (χ1v) is 7.59. The Morgan fingerprint density at radius 3 is 2.52 bits per heavy atom. The van der Waals surface area contributed by atoms with Crippen molar-refractivity contribution in [3.05, 3.63) is 29.3 Å². The standard InChI is InChI=1S/C17H29NO3/c1-13(2)21-10-6-9-18-14(3)15-7-8-17(20-5)16(11-15)12-19-4/h7-8,11,13-14,18H,6,9-10,12H2,1-5H3. The largest absolute Gasteiger partial charge is 0.496 e. The molecule has 1 atom stereocenters. The summed E-state index contributed by atoms with van der Waals surface area (Å²) < 4.78 is 16.1. The van der Waals surface area contributed by atoms with Gasteiger partial charge in [0.2, 0.25) is 0 Å². The summed E-state index contributed by atoms with van der Waals surface area (Å²) in [6.45, 7) is 8.59. The highest BCUT2D eigenvalue weighted by Crippen LogP contribution is 2.24. The Morgan fingerprint density at radius 1 is 1.14 bits per heavy atom. The molecule has 0 spiro atoms. The van der Waals surface area contributed by atoms with E-state index in [0.29, 0.717) is 18.8 Å². The molecule has 1 aromatic carbocycles. The van der Waals surface area contributed by atoms with Crippen LogP contribution in [-0.4, -0.2) is 33.5 Å². The number of hydrogen-bond donors (Lipinski definition) is 1. The summed E-state index contributed by atoms with van der Waals surface area (Å²) in [7, 11) is 3.38. The lowest BCUT2D eigenvalue weighted by Crippen LogP contribution is -2.21.